The summed E-state index contributed by atoms with van der Waals surface area (Å²) in [5.74, 6) is 0.864. The van der Waals surface area contributed by atoms with Crippen molar-refractivity contribution in [1.29, 1.82) is 0 Å². The molecular formula is C20H33N3O4. The van der Waals surface area contributed by atoms with Gasteiger partial charge in [0, 0.05) is 31.2 Å². The van der Waals surface area contributed by atoms with E-state index < -0.39 is 0 Å². The fourth-order valence-corrected chi connectivity index (χ4v) is 2.42. The van der Waals surface area contributed by atoms with Crippen molar-refractivity contribution in [3.8, 4) is 11.5 Å². The lowest BCUT2D eigenvalue weighted by Crippen LogP contribution is -2.34. The molecule has 0 fully saturated rings. The topological polar surface area (TPSA) is 93.9 Å². The molecule has 0 saturated carbocycles. The van der Waals surface area contributed by atoms with Gasteiger partial charge in [-0.15, -0.1) is 0 Å². The highest BCUT2D eigenvalue weighted by Gasteiger charge is 2.17. The zero-order chi connectivity index (χ0) is 20.6. The second-order valence-corrected chi connectivity index (χ2v) is 7.30. The van der Waals surface area contributed by atoms with Gasteiger partial charge in [-0.2, -0.15) is 0 Å². The standard InChI is InChI=1S/C20H33N3O4/c1-13(2)16(21)9-10-23(5)20(25)15-7-8-17(18(11-15)26-6)27-12-19(24)22-14(3)4/h7-8,11,13-14,16H,9-10,12,21H2,1-6H3,(H,22,24). The second-order valence-electron chi connectivity index (χ2n) is 7.30. The molecule has 0 bridgehead atoms. The third-order valence-electron chi connectivity index (χ3n) is 4.22. The van der Waals surface area contributed by atoms with Gasteiger partial charge in [-0.25, -0.2) is 0 Å². The highest BCUT2D eigenvalue weighted by atomic mass is 16.5. The van der Waals surface area contributed by atoms with E-state index in [0.717, 1.165) is 6.42 Å². The molecule has 7 nitrogen and oxygen atoms in total. The molecule has 1 atom stereocenters. The van der Waals surface area contributed by atoms with Crippen LogP contribution >= 0.6 is 0 Å². The Balaban J connectivity index is 2.74. The Morgan fingerprint density at radius 2 is 1.85 bits per heavy atom. The first-order chi connectivity index (χ1) is 12.6. The van der Waals surface area contributed by atoms with Crippen LogP contribution in [-0.4, -0.2) is 56.1 Å². The summed E-state index contributed by atoms with van der Waals surface area (Å²) in [5, 5.41) is 2.75. The second kappa shape index (κ2) is 10.8. The van der Waals surface area contributed by atoms with Crippen LogP contribution in [0.5, 0.6) is 11.5 Å². The largest absolute Gasteiger partial charge is 0.493 e. The van der Waals surface area contributed by atoms with Crippen LogP contribution in [0.1, 0.15) is 44.5 Å². The van der Waals surface area contributed by atoms with Crippen molar-refractivity contribution in [1.82, 2.24) is 10.2 Å². The fraction of sp³-hybridized carbons (Fsp3) is 0.600. The van der Waals surface area contributed by atoms with E-state index >= 15 is 0 Å². The van der Waals surface area contributed by atoms with E-state index in [4.69, 9.17) is 15.2 Å². The van der Waals surface area contributed by atoms with E-state index in [-0.39, 0.29) is 30.5 Å². The van der Waals surface area contributed by atoms with Gasteiger partial charge < -0.3 is 25.4 Å². The molecule has 0 aliphatic rings. The first-order valence-electron chi connectivity index (χ1n) is 9.27. The van der Waals surface area contributed by atoms with E-state index in [1.165, 1.54) is 7.11 Å². The third kappa shape index (κ3) is 7.46. The fourth-order valence-electron chi connectivity index (χ4n) is 2.42. The number of rotatable bonds is 10. The molecule has 0 aromatic heterocycles. The molecule has 1 aromatic carbocycles. The van der Waals surface area contributed by atoms with Crippen LogP contribution in [0, 0.1) is 5.92 Å². The Bertz CT molecular complexity index is 632. The molecule has 7 heteroatoms. The van der Waals surface area contributed by atoms with Crippen molar-refractivity contribution in [2.75, 3.05) is 27.3 Å². The molecule has 0 spiro atoms. The minimum Gasteiger partial charge on any atom is -0.493 e. The van der Waals surface area contributed by atoms with Crippen molar-refractivity contribution in [2.45, 2.75) is 46.2 Å². The molecule has 0 aliphatic heterocycles. The molecular weight excluding hydrogens is 346 g/mol. The summed E-state index contributed by atoms with van der Waals surface area (Å²) in [6.45, 7) is 8.35. The number of carbonyl (C=O) groups is 2. The van der Waals surface area contributed by atoms with Crippen LogP contribution < -0.4 is 20.5 Å². The lowest BCUT2D eigenvalue weighted by Gasteiger charge is -2.22. The number of nitrogens with two attached hydrogens (primary N) is 1. The summed E-state index contributed by atoms with van der Waals surface area (Å²) in [6.07, 6.45) is 0.739. The summed E-state index contributed by atoms with van der Waals surface area (Å²) in [5.41, 5.74) is 6.54. The van der Waals surface area contributed by atoms with Gasteiger partial charge >= 0.3 is 0 Å². The highest BCUT2D eigenvalue weighted by molar-refractivity contribution is 5.94. The average molecular weight is 380 g/mol. The summed E-state index contributed by atoms with van der Waals surface area (Å²) < 4.78 is 10.8. The molecule has 1 rings (SSSR count). The molecule has 152 valence electrons. The normalized spacial score (nSPS) is 12.0. The third-order valence-corrected chi connectivity index (χ3v) is 4.22. The van der Waals surface area contributed by atoms with E-state index in [9.17, 15) is 9.59 Å². The summed E-state index contributed by atoms with van der Waals surface area (Å²) in [4.78, 5) is 26.0. The Morgan fingerprint density at radius 1 is 1.19 bits per heavy atom. The number of hydrogen-bond acceptors (Lipinski definition) is 5. The maximum Gasteiger partial charge on any atom is 0.258 e. The van der Waals surface area contributed by atoms with E-state index in [2.05, 4.69) is 19.2 Å². The molecule has 0 aliphatic carbocycles. The van der Waals surface area contributed by atoms with Crippen LogP contribution in [0.25, 0.3) is 0 Å². The summed E-state index contributed by atoms with van der Waals surface area (Å²) in [6, 6.07) is 5.03. The van der Waals surface area contributed by atoms with Crippen molar-refractivity contribution in [3.63, 3.8) is 0 Å². The zero-order valence-electron chi connectivity index (χ0n) is 17.2. The molecule has 3 N–H and O–H groups in total. The number of amides is 2. The molecule has 0 radical (unpaired) electrons. The van der Waals surface area contributed by atoms with Crippen molar-refractivity contribution in [3.05, 3.63) is 23.8 Å². The quantitative estimate of drug-likeness (QED) is 0.649. The maximum absolute atomic E-state index is 12.6. The number of benzene rings is 1. The predicted octanol–water partition coefficient (Wildman–Crippen LogP) is 2.04. The van der Waals surface area contributed by atoms with Crippen LogP contribution in [0.4, 0.5) is 0 Å². The Hall–Kier alpha value is -2.28. The van der Waals surface area contributed by atoms with Crippen molar-refractivity contribution >= 4 is 11.8 Å². The van der Waals surface area contributed by atoms with E-state index in [0.29, 0.717) is 29.5 Å². The lowest BCUT2D eigenvalue weighted by molar-refractivity contribution is -0.123. The Morgan fingerprint density at radius 3 is 2.41 bits per heavy atom. The number of methoxy groups -OCH3 is 1. The van der Waals surface area contributed by atoms with E-state index in [1.54, 1.807) is 30.1 Å². The summed E-state index contributed by atoms with van der Waals surface area (Å²) >= 11 is 0. The van der Waals surface area contributed by atoms with Gasteiger partial charge in [0.25, 0.3) is 11.8 Å². The molecule has 1 unspecified atom stereocenters. The molecule has 2 amide bonds. The average Bonchev–Trinajstić information content (AvgIpc) is 2.62. The van der Waals surface area contributed by atoms with Gasteiger partial charge in [0.05, 0.1) is 7.11 Å². The predicted molar refractivity (Wildman–Crippen MR) is 106 cm³/mol. The molecule has 1 aromatic rings. The number of carbonyl (C=O) groups excluding carboxylic acids is 2. The van der Waals surface area contributed by atoms with Gasteiger partial charge in [0.1, 0.15) is 0 Å². The van der Waals surface area contributed by atoms with Gasteiger partial charge in [-0.1, -0.05) is 13.8 Å². The van der Waals surface area contributed by atoms with Gasteiger partial charge in [0.15, 0.2) is 18.1 Å². The lowest BCUT2D eigenvalue weighted by atomic mass is 10.0. The minimum absolute atomic E-state index is 0.0438. The number of nitrogens with zero attached hydrogens (tertiary/aromatic N) is 1. The van der Waals surface area contributed by atoms with Crippen LogP contribution in [0.2, 0.25) is 0 Å². The van der Waals surface area contributed by atoms with Gasteiger partial charge in [-0.05, 0) is 44.4 Å². The first kappa shape index (κ1) is 22.8. The zero-order valence-corrected chi connectivity index (χ0v) is 17.2. The van der Waals surface area contributed by atoms with Gasteiger partial charge in [0.2, 0.25) is 0 Å². The van der Waals surface area contributed by atoms with Crippen molar-refractivity contribution < 1.29 is 19.1 Å². The number of ether oxygens (including phenoxy) is 2. The minimum atomic E-state index is -0.214. The van der Waals surface area contributed by atoms with Crippen LogP contribution in [0.3, 0.4) is 0 Å². The van der Waals surface area contributed by atoms with E-state index in [1.807, 2.05) is 13.8 Å². The SMILES string of the molecule is COc1cc(C(=O)N(C)CCC(N)C(C)C)ccc1OCC(=O)NC(C)C. The van der Waals surface area contributed by atoms with Gasteiger partial charge in [-0.3, -0.25) is 9.59 Å². The first-order valence-corrected chi connectivity index (χ1v) is 9.27. The molecule has 0 saturated heterocycles. The molecule has 27 heavy (non-hydrogen) atoms. The smallest absolute Gasteiger partial charge is 0.258 e. The Labute approximate surface area is 162 Å². The highest BCUT2D eigenvalue weighted by Crippen LogP contribution is 2.28. The maximum atomic E-state index is 12.6. The van der Waals surface area contributed by atoms with Crippen LogP contribution in [0.15, 0.2) is 18.2 Å². The number of hydrogen-bond donors (Lipinski definition) is 2. The molecule has 0 heterocycles. The Kier molecular flexibility index (Phi) is 9.08. The number of nitrogens with one attached hydrogen (secondary N) is 1. The monoisotopic (exact) mass is 379 g/mol. The summed E-state index contributed by atoms with van der Waals surface area (Å²) in [7, 11) is 3.25. The van der Waals surface area contributed by atoms with Crippen molar-refractivity contribution in [2.24, 2.45) is 11.7 Å². The van der Waals surface area contributed by atoms with Crippen LogP contribution in [-0.2, 0) is 4.79 Å².